The Bertz CT molecular complexity index is 545. The van der Waals surface area contributed by atoms with Gasteiger partial charge in [0.05, 0.1) is 7.11 Å². The molecule has 0 spiro atoms. The highest BCUT2D eigenvalue weighted by Crippen LogP contribution is 2.17. The second kappa shape index (κ2) is 9.93. The van der Waals surface area contributed by atoms with Gasteiger partial charge in [-0.2, -0.15) is 0 Å². The van der Waals surface area contributed by atoms with Gasteiger partial charge in [0.2, 0.25) is 5.91 Å². The fraction of sp³-hybridized carbons (Fsp3) is 0.667. The molecule has 1 fully saturated rings. The van der Waals surface area contributed by atoms with Crippen molar-refractivity contribution in [3.05, 3.63) is 29.8 Å². The first-order chi connectivity index (χ1) is 12.4. The van der Waals surface area contributed by atoms with Crippen molar-refractivity contribution in [3.63, 3.8) is 0 Å². The number of methoxy groups -OCH3 is 1. The van der Waals surface area contributed by atoms with Gasteiger partial charge in [-0.05, 0) is 29.5 Å². The topological polar surface area (TPSA) is 44.8 Å². The highest BCUT2D eigenvalue weighted by atomic mass is 16.5. The summed E-state index contributed by atoms with van der Waals surface area (Å²) in [4.78, 5) is 16.9. The molecule has 0 bridgehead atoms. The summed E-state index contributed by atoms with van der Waals surface area (Å²) in [5, 5.41) is 3.30. The van der Waals surface area contributed by atoms with Crippen LogP contribution in [0.15, 0.2) is 24.3 Å². The zero-order valence-corrected chi connectivity index (χ0v) is 16.9. The predicted molar refractivity (Wildman–Crippen MR) is 107 cm³/mol. The Balaban J connectivity index is 1.86. The van der Waals surface area contributed by atoms with E-state index in [2.05, 4.69) is 43.1 Å². The van der Waals surface area contributed by atoms with Gasteiger partial charge in [-0.15, -0.1) is 0 Å². The molecule has 0 aliphatic carbocycles. The Morgan fingerprint density at radius 3 is 2.38 bits per heavy atom. The molecule has 0 radical (unpaired) electrons. The first kappa shape index (κ1) is 20.7. The lowest BCUT2D eigenvalue weighted by atomic mass is 9.95. The second-order valence-corrected chi connectivity index (χ2v) is 8.32. The fourth-order valence-electron chi connectivity index (χ4n) is 3.35. The molecule has 1 N–H and O–H groups in total. The first-order valence-electron chi connectivity index (χ1n) is 9.71. The smallest absolute Gasteiger partial charge is 0.223 e. The maximum atomic E-state index is 12.5. The summed E-state index contributed by atoms with van der Waals surface area (Å²) in [6.07, 6.45) is 1.60. The maximum absolute atomic E-state index is 12.5. The van der Waals surface area contributed by atoms with E-state index in [1.807, 2.05) is 17.0 Å². The monoisotopic (exact) mass is 361 g/mol. The van der Waals surface area contributed by atoms with E-state index in [9.17, 15) is 4.79 Å². The molecule has 5 nitrogen and oxygen atoms in total. The molecular formula is C21H35N3O2. The number of carbonyl (C=O) groups excluding carboxylic acids is 1. The van der Waals surface area contributed by atoms with Gasteiger partial charge >= 0.3 is 0 Å². The van der Waals surface area contributed by atoms with Crippen molar-refractivity contribution >= 4 is 5.91 Å². The van der Waals surface area contributed by atoms with Crippen molar-refractivity contribution in [2.24, 2.45) is 5.41 Å². The van der Waals surface area contributed by atoms with Gasteiger partial charge in [0.25, 0.3) is 0 Å². The lowest BCUT2D eigenvalue weighted by molar-refractivity contribution is -0.132. The minimum Gasteiger partial charge on any atom is -0.497 e. The zero-order valence-electron chi connectivity index (χ0n) is 16.9. The molecule has 1 heterocycles. The molecule has 1 amide bonds. The normalized spacial score (nSPS) is 15.3. The van der Waals surface area contributed by atoms with E-state index >= 15 is 0 Å². The van der Waals surface area contributed by atoms with Gasteiger partial charge < -0.3 is 19.9 Å². The van der Waals surface area contributed by atoms with Crippen molar-refractivity contribution in [1.82, 2.24) is 15.1 Å². The van der Waals surface area contributed by atoms with Crippen LogP contribution < -0.4 is 10.1 Å². The molecule has 1 aliphatic rings. The number of carbonyl (C=O) groups is 1. The Hall–Kier alpha value is -1.59. The summed E-state index contributed by atoms with van der Waals surface area (Å²) in [5.41, 5.74) is 1.52. The third kappa shape index (κ3) is 7.34. The van der Waals surface area contributed by atoms with Crippen LogP contribution in [0.5, 0.6) is 5.75 Å². The van der Waals surface area contributed by atoms with Crippen molar-refractivity contribution in [1.29, 1.82) is 0 Å². The summed E-state index contributed by atoms with van der Waals surface area (Å²) in [6, 6.07) is 8.27. The molecule has 146 valence electrons. The number of rotatable bonds is 8. The number of hydrogen-bond donors (Lipinski definition) is 1. The van der Waals surface area contributed by atoms with Gasteiger partial charge in [0.1, 0.15) is 5.75 Å². The second-order valence-electron chi connectivity index (χ2n) is 8.32. The van der Waals surface area contributed by atoms with Crippen LogP contribution in [0.3, 0.4) is 0 Å². The quantitative estimate of drug-likeness (QED) is 0.772. The molecule has 1 saturated heterocycles. The van der Waals surface area contributed by atoms with Crippen LogP contribution in [0, 0.1) is 5.41 Å². The third-order valence-corrected chi connectivity index (χ3v) is 4.69. The Kier molecular flexibility index (Phi) is 7.91. The molecule has 0 saturated carbocycles. The molecule has 1 aromatic rings. The van der Waals surface area contributed by atoms with E-state index in [1.165, 1.54) is 5.56 Å². The van der Waals surface area contributed by atoms with Crippen LogP contribution in [-0.4, -0.2) is 68.6 Å². The van der Waals surface area contributed by atoms with Gasteiger partial charge in [-0.25, -0.2) is 0 Å². The summed E-state index contributed by atoms with van der Waals surface area (Å²) in [7, 11) is 1.69. The number of piperazine rings is 1. The Morgan fingerprint density at radius 1 is 1.15 bits per heavy atom. The van der Waals surface area contributed by atoms with Crippen LogP contribution in [0.1, 0.15) is 32.8 Å². The van der Waals surface area contributed by atoms with E-state index in [-0.39, 0.29) is 11.3 Å². The molecule has 26 heavy (non-hydrogen) atoms. The molecule has 0 atom stereocenters. The number of amides is 1. The van der Waals surface area contributed by atoms with Crippen molar-refractivity contribution < 1.29 is 9.53 Å². The first-order valence-corrected chi connectivity index (χ1v) is 9.71. The van der Waals surface area contributed by atoms with Gasteiger partial charge in [0, 0.05) is 52.2 Å². The number of nitrogens with zero attached hydrogens (tertiary/aromatic N) is 2. The average molecular weight is 362 g/mol. The van der Waals surface area contributed by atoms with Crippen molar-refractivity contribution in [3.8, 4) is 5.75 Å². The molecule has 5 heteroatoms. The van der Waals surface area contributed by atoms with Crippen LogP contribution in [0.2, 0.25) is 0 Å². The molecule has 1 aliphatic heterocycles. The largest absolute Gasteiger partial charge is 0.497 e. The highest BCUT2D eigenvalue weighted by Gasteiger charge is 2.20. The van der Waals surface area contributed by atoms with Crippen LogP contribution in [0.4, 0.5) is 0 Å². The van der Waals surface area contributed by atoms with Crippen LogP contribution in [-0.2, 0) is 11.2 Å². The van der Waals surface area contributed by atoms with Gasteiger partial charge in [-0.1, -0.05) is 32.9 Å². The average Bonchev–Trinajstić information content (AvgIpc) is 2.63. The van der Waals surface area contributed by atoms with Crippen LogP contribution in [0.25, 0.3) is 0 Å². The highest BCUT2D eigenvalue weighted by molar-refractivity contribution is 5.76. The van der Waals surface area contributed by atoms with E-state index < -0.39 is 0 Å². The van der Waals surface area contributed by atoms with E-state index in [1.54, 1.807) is 7.11 Å². The number of ether oxygens (including phenoxy) is 1. The minimum atomic E-state index is 0.220. The number of nitrogens with one attached hydrogen (secondary N) is 1. The number of hydrogen-bond acceptors (Lipinski definition) is 4. The Labute approximate surface area is 158 Å². The van der Waals surface area contributed by atoms with E-state index in [4.69, 9.17) is 4.74 Å². The summed E-state index contributed by atoms with van der Waals surface area (Å²) >= 11 is 0. The van der Waals surface area contributed by atoms with E-state index in [0.29, 0.717) is 6.42 Å². The molecule has 2 rings (SSSR count). The SMILES string of the molecule is COc1ccc(CCN(CCC(=O)N2CCNCC2)CC(C)(C)C)cc1. The summed E-state index contributed by atoms with van der Waals surface area (Å²) < 4.78 is 5.23. The lowest BCUT2D eigenvalue weighted by Gasteiger charge is -2.32. The van der Waals surface area contributed by atoms with Crippen LogP contribution >= 0.6 is 0 Å². The van der Waals surface area contributed by atoms with Crippen molar-refractivity contribution in [2.75, 3.05) is 52.9 Å². The minimum absolute atomic E-state index is 0.220. The van der Waals surface area contributed by atoms with Gasteiger partial charge in [-0.3, -0.25) is 4.79 Å². The van der Waals surface area contributed by atoms with Gasteiger partial charge in [0.15, 0.2) is 0 Å². The predicted octanol–water partition coefficient (Wildman–Crippen LogP) is 2.41. The zero-order chi connectivity index (χ0) is 19.0. The molecule has 0 unspecified atom stereocenters. The fourth-order valence-corrected chi connectivity index (χ4v) is 3.35. The lowest BCUT2D eigenvalue weighted by Crippen LogP contribution is -2.47. The molecule has 0 aromatic heterocycles. The molecule has 1 aromatic carbocycles. The molecular weight excluding hydrogens is 326 g/mol. The maximum Gasteiger partial charge on any atom is 0.223 e. The Morgan fingerprint density at radius 2 is 1.81 bits per heavy atom. The number of benzene rings is 1. The summed E-state index contributed by atoms with van der Waals surface area (Å²) in [5.74, 6) is 1.18. The standard InChI is InChI=1S/C21H35N3O2/c1-21(2,3)17-23(13-9-18-5-7-19(26-4)8-6-18)14-10-20(25)24-15-11-22-12-16-24/h5-8,22H,9-17H2,1-4H3. The van der Waals surface area contributed by atoms with Crippen molar-refractivity contribution in [2.45, 2.75) is 33.6 Å². The van der Waals surface area contributed by atoms with E-state index in [0.717, 1.165) is 58.0 Å². The summed E-state index contributed by atoms with van der Waals surface area (Å²) in [6.45, 7) is 13.1. The third-order valence-electron chi connectivity index (χ3n) is 4.69.